The molecule has 14 nitrogen and oxygen atoms in total. The van der Waals surface area contributed by atoms with Crippen LogP contribution >= 0.6 is 0 Å². The SMILES string of the molecule is COC[C@H]1CN(c2cc(C)c3c4c(c(=O)oc3c2C)CN(C(=O)c2cc(N(C)C)c(C(=O)NS(=O)(=O)N3CCC[C@H]3COC)cc2F)CC4)CCN1C. The molecule has 0 bridgehead atoms. The van der Waals surface area contributed by atoms with Gasteiger partial charge in [-0.1, -0.05) is 0 Å². The summed E-state index contributed by atoms with van der Waals surface area (Å²) >= 11 is 0. The lowest BCUT2D eigenvalue weighted by atomic mass is 9.92. The molecule has 6 rings (SSSR count). The number of hydrogen-bond acceptors (Lipinski definition) is 11. The molecule has 2 saturated heterocycles. The van der Waals surface area contributed by atoms with Crippen LogP contribution in [0.2, 0.25) is 0 Å². The average Bonchev–Trinajstić information content (AvgIpc) is 3.60. The highest BCUT2D eigenvalue weighted by Crippen LogP contribution is 2.36. The quantitative estimate of drug-likeness (QED) is 0.305. The molecule has 0 aliphatic carbocycles. The molecule has 2 fully saturated rings. The summed E-state index contributed by atoms with van der Waals surface area (Å²) in [7, 11) is 4.21. The number of piperazine rings is 1. The molecule has 2 atom stereocenters. The summed E-state index contributed by atoms with van der Waals surface area (Å²) in [6.07, 6.45) is 1.56. The van der Waals surface area contributed by atoms with Crippen molar-refractivity contribution in [2.75, 3.05) is 91.1 Å². The zero-order chi connectivity index (χ0) is 38.4. The summed E-state index contributed by atoms with van der Waals surface area (Å²) in [5, 5.41) is 0.851. The molecule has 0 radical (unpaired) electrons. The summed E-state index contributed by atoms with van der Waals surface area (Å²) in [6.45, 7) is 7.55. The number of carbonyl (C=O) groups excluding carboxylic acids is 2. The van der Waals surface area contributed by atoms with E-state index < -0.39 is 39.5 Å². The minimum absolute atomic E-state index is 0.0838. The second kappa shape index (κ2) is 15.3. The highest BCUT2D eigenvalue weighted by atomic mass is 32.2. The number of nitrogens with one attached hydrogen (secondary N) is 1. The number of fused-ring (bicyclic) bond motifs is 3. The lowest BCUT2D eigenvalue weighted by Gasteiger charge is -2.41. The van der Waals surface area contributed by atoms with Gasteiger partial charge in [-0.2, -0.15) is 12.7 Å². The Morgan fingerprint density at radius 3 is 2.42 bits per heavy atom. The van der Waals surface area contributed by atoms with Crippen LogP contribution in [0, 0.1) is 19.7 Å². The number of carbonyl (C=O) groups is 2. The third kappa shape index (κ3) is 7.39. The van der Waals surface area contributed by atoms with E-state index in [9.17, 15) is 22.8 Å². The molecule has 53 heavy (non-hydrogen) atoms. The normalized spacial score (nSPS) is 19.8. The first-order chi connectivity index (χ1) is 25.2. The third-order valence-electron chi connectivity index (χ3n) is 10.8. The molecule has 3 aromatic rings. The van der Waals surface area contributed by atoms with Gasteiger partial charge in [-0.05, 0) is 69.5 Å². The molecule has 4 heterocycles. The van der Waals surface area contributed by atoms with E-state index in [0.29, 0.717) is 37.0 Å². The van der Waals surface area contributed by atoms with Crippen LogP contribution in [0.15, 0.2) is 27.4 Å². The predicted molar refractivity (Wildman–Crippen MR) is 200 cm³/mol. The van der Waals surface area contributed by atoms with Crippen molar-refractivity contribution in [1.29, 1.82) is 0 Å². The number of anilines is 2. The number of amides is 2. The largest absolute Gasteiger partial charge is 0.422 e. The number of aryl methyl sites for hydroxylation is 2. The second-order valence-electron chi connectivity index (χ2n) is 14.4. The number of likely N-dealkylation sites (N-methyl/N-ethyl adjacent to an activating group) is 1. The fraction of sp³-hybridized carbons (Fsp3) is 0.541. The first-order valence-electron chi connectivity index (χ1n) is 17.8. The standard InChI is InChI=1S/C37H49FN6O8S/c1-22-15-31(42-14-13-41(5)25(18-42)21-51-7)23(2)34-33(22)26-10-12-43(19-29(26)37(47)52-34)36(46)27-17-32(40(3)4)28(16-30(27)38)35(45)39-53(48,49)44-11-8-9-24(44)20-50-6/h15-17,24-25H,8-14,18-21H2,1-7H3,(H,39,45)/t24-,25+/m0/s1. The van der Waals surface area contributed by atoms with E-state index in [1.165, 1.54) is 27.3 Å². The van der Waals surface area contributed by atoms with Crippen LogP contribution in [0.5, 0.6) is 0 Å². The van der Waals surface area contributed by atoms with Crippen molar-refractivity contribution in [2.24, 2.45) is 0 Å². The second-order valence-corrected chi connectivity index (χ2v) is 16.1. The average molecular weight is 757 g/mol. The van der Waals surface area contributed by atoms with E-state index in [2.05, 4.69) is 27.6 Å². The van der Waals surface area contributed by atoms with Crippen molar-refractivity contribution < 1.29 is 36.3 Å². The Morgan fingerprint density at radius 2 is 1.72 bits per heavy atom. The molecular weight excluding hydrogens is 708 g/mol. The number of ether oxygens (including phenoxy) is 2. The summed E-state index contributed by atoms with van der Waals surface area (Å²) in [5.74, 6) is -2.69. The fourth-order valence-electron chi connectivity index (χ4n) is 7.95. The zero-order valence-corrected chi connectivity index (χ0v) is 32.3. The Balaban J connectivity index is 1.26. The minimum atomic E-state index is -4.26. The lowest BCUT2D eigenvalue weighted by molar-refractivity contribution is 0.0727. The van der Waals surface area contributed by atoms with Crippen LogP contribution in [0.1, 0.15) is 55.8 Å². The molecule has 0 unspecified atom stereocenters. The number of benzene rings is 2. The Morgan fingerprint density at radius 1 is 1.00 bits per heavy atom. The number of methoxy groups -OCH3 is 2. The molecular formula is C37H49FN6O8S. The van der Waals surface area contributed by atoms with Crippen LogP contribution in [-0.2, 0) is 32.6 Å². The molecule has 3 aliphatic rings. The minimum Gasteiger partial charge on any atom is -0.422 e. The lowest BCUT2D eigenvalue weighted by Crippen LogP contribution is -2.53. The molecule has 288 valence electrons. The van der Waals surface area contributed by atoms with Crippen molar-refractivity contribution in [3.63, 3.8) is 0 Å². The summed E-state index contributed by atoms with van der Waals surface area (Å²) < 4.78 is 62.0. The summed E-state index contributed by atoms with van der Waals surface area (Å²) in [6, 6.07) is 4.05. The Labute approximate surface area is 309 Å². The molecule has 2 aromatic carbocycles. The van der Waals surface area contributed by atoms with Gasteiger partial charge in [0.15, 0.2) is 0 Å². The first kappa shape index (κ1) is 38.6. The zero-order valence-electron chi connectivity index (χ0n) is 31.5. The van der Waals surface area contributed by atoms with E-state index in [4.69, 9.17) is 13.9 Å². The third-order valence-corrected chi connectivity index (χ3v) is 12.3. The fourth-order valence-corrected chi connectivity index (χ4v) is 9.34. The van der Waals surface area contributed by atoms with Gasteiger partial charge in [0, 0.05) is 83.7 Å². The highest BCUT2D eigenvalue weighted by Gasteiger charge is 2.37. The van der Waals surface area contributed by atoms with Crippen LogP contribution < -0.4 is 20.1 Å². The number of rotatable bonds is 10. The van der Waals surface area contributed by atoms with E-state index >= 15 is 4.39 Å². The summed E-state index contributed by atoms with van der Waals surface area (Å²) in [5.41, 5.74) is 3.57. The van der Waals surface area contributed by atoms with Crippen LogP contribution in [0.4, 0.5) is 15.8 Å². The van der Waals surface area contributed by atoms with Crippen molar-refractivity contribution in [2.45, 2.75) is 51.7 Å². The Bertz CT molecular complexity index is 2090. The van der Waals surface area contributed by atoms with Gasteiger partial charge < -0.3 is 28.6 Å². The van der Waals surface area contributed by atoms with E-state index in [-0.39, 0.29) is 49.1 Å². The van der Waals surface area contributed by atoms with E-state index in [1.54, 1.807) is 21.2 Å². The van der Waals surface area contributed by atoms with Crippen LogP contribution in [0.25, 0.3) is 11.0 Å². The maximum absolute atomic E-state index is 15.8. The molecule has 0 saturated carbocycles. The molecule has 2 amide bonds. The molecule has 0 spiro atoms. The Kier molecular flexibility index (Phi) is 11.2. The van der Waals surface area contributed by atoms with Crippen molar-refractivity contribution >= 4 is 44.4 Å². The maximum Gasteiger partial charge on any atom is 0.341 e. The van der Waals surface area contributed by atoms with Crippen LogP contribution in [0.3, 0.4) is 0 Å². The van der Waals surface area contributed by atoms with Crippen molar-refractivity contribution in [3.8, 4) is 0 Å². The number of halogens is 1. The van der Waals surface area contributed by atoms with Crippen molar-refractivity contribution in [1.82, 2.24) is 18.8 Å². The molecule has 3 aliphatic heterocycles. The van der Waals surface area contributed by atoms with Crippen LogP contribution in [-0.4, -0.2) is 128 Å². The number of nitrogens with zero attached hydrogens (tertiary/aromatic N) is 5. The van der Waals surface area contributed by atoms with Gasteiger partial charge in [0.2, 0.25) is 0 Å². The first-order valence-corrected chi connectivity index (χ1v) is 19.3. The van der Waals surface area contributed by atoms with Gasteiger partial charge in [-0.15, -0.1) is 0 Å². The van der Waals surface area contributed by atoms with Gasteiger partial charge in [0.05, 0.1) is 48.2 Å². The highest BCUT2D eigenvalue weighted by molar-refractivity contribution is 7.87. The molecule has 16 heteroatoms. The van der Waals surface area contributed by atoms with E-state index in [1.807, 2.05) is 13.8 Å². The smallest absolute Gasteiger partial charge is 0.341 e. The van der Waals surface area contributed by atoms with Gasteiger partial charge in [0.25, 0.3) is 11.8 Å². The Hall–Kier alpha value is -4.09. The van der Waals surface area contributed by atoms with E-state index in [0.717, 1.165) is 53.5 Å². The maximum atomic E-state index is 15.8. The number of hydrogen-bond donors (Lipinski definition) is 1. The topological polar surface area (TPSA) is 145 Å². The van der Waals surface area contributed by atoms with Gasteiger partial charge >= 0.3 is 15.8 Å². The monoisotopic (exact) mass is 756 g/mol. The van der Waals surface area contributed by atoms with Gasteiger partial charge in [-0.3, -0.25) is 14.5 Å². The summed E-state index contributed by atoms with van der Waals surface area (Å²) in [4.78, 5) is 48.3. The molecule has 1 N–H and O–H groups in total. The predicted octanol–water partition coefficient (Wildman–Crippen LogP) is 2.67. The van der Waals surface area contributed by atoms with Gasteiger partial charge in [0.1, 0.15) is 11.4 Å². The molecule has 1 aromatic heterocycles. The van der Waals surface area contributed by atoms with Crippen molar-refractivity contribution in [3.05, 3.63) is 67.8 Å². The van der Waals surface area contributed by atoms with Gasteiger partial charge in [-0.25, -0.2) is 13.9 Å².